The topological polar surface area (TPSA) is 34.5 Å². The van der Waals surface area contributed by atoms with E-state index in [1.165, 1.54) is 11.8 Å². The van der Waals surface area contributed by atoms with Gasteiger partial charge < -0.3 is 14.2 Å². The average molecular weight is 304 g/mol. The van der Waals surface area contributed by atoms with Crippen molar-refractivity contribution in [1.29, 1.82) is 0 Å². The summed E-state index contributed by atoms with van der Waals surface area (Å²) in [5, 5.41) is 1.01. The standard InChI is InChI=1S/C17H21FN2O2/c1-17(2,3)22-16(21)20-8-7-14-13(10-20)12-6-5-11(18)9-15(12)19(14)4/h5-6,9H,7-8,10H2,1-4H3. The fraction of sp³-hybridized carbons (Fsp3) is 0.471. The van der Waals surface area contributed by atoms with Crippen LogP contribution >= 0.6 is 0 Å². The van der Waals surface area contributed by atoms with Crippen LogP contribution in [0.1, 0.15) is 32.0 Å². The number of amides is 1. The van der Waals surface area contributed by atoms with Gasteiger partial charge in [-0.05, 0) is 39.0 Å². The van der Waals surface area contributed by atoms with Crippen molar-refractivity contribution in [2.75, 3.05) is 6.54 Å². The molecule has 5 heteroatoms. The third kappa shape index (κ3) is 2.56. The molecule has 0 aliphatic carbocycles. The fourth-order valence-corrected chi connectivity index (χ4v) is 3.03. The lowest BCUT2D eigenvalue weighted by molar-refractivity contribution is 0.0223. The molecule has 0 N–H and O–H groups in total. The monoisotopic (exact) mass is 304 g/mol. The SMILES string of the molecule is Cn1c2c(c3ccc(F)cc31)CN(C(=O)OC(C)(C)C)CC2. The largest absolute Gasteiger partial charge is 0.444 e. The Bertz CT molecular complexity index is 743. The number of ether oxygens (including phenoxy) is 1. The smallest absolute Gasteiger partial charge is 0.410 e. The van der Waals surface area contributed by atoms with E-state index < -0.39 is 5.60 Å². The van der Waals surface area contributed by atoms with Gasteiger partial charge in [0.15, 0.2) is 0 Å². The summed E-state index contributed by atoms with van der Waals surface area (Å²) in [6.45, 7) is 6.71. The maximum absolute atomic E-state index is 13.5. The summed E-state index contributed by atoms with van der Waals surface area (Å²) in [7, 11) is 1.95. The molecule has 1 aromatic carbocycles. The van der Waals surface area contributed by atoms with Crippen molar-refractivity contribution in [2.45, 2.75) is 39.3 Å². The van der Waals surface area contributed by atoms with Gasteiger partial charge in [0.05, 0.1) is 12.1 Å². The number of carbonyl (C=O) groups is 1. The second-order valence-corrected chi connectivity index (χ2v) is 6.80. The van der Waals surface area contributed by atoms with E-state index >= 15 is 0 Å². The summed E-state index contributed by atoms with van der Waals surface area (Å²) < 4.78 is 21.0. The van der Waals surface area contributed by atoms with Crippen LogP contribution < -0.4 is 0 Å². The Hall–Kier alpha value is -2.04. The predicted molar refractivity (Wildman–Crippen MR) is 83.2 cm³/mol. The molecule has 4 nitrogen and oxygen atoms in total. The summed E-state index contributed by atoms with van der Waals surface area (Å²) in [6, 6.07) is 4.81. The van der Waals surface area contributed by atoms with E-state index in [1.807, 2.05) is 32.4 Å². The Morgan fingerprint density at radius 1 is 1.32 bits per heavy atom. The third-order valence-corrected chi connectivity index (χ3v) is 4.02. The summed E-state index contributed by atoms with van der Waals surface area (Å²) >= 11 is 0. The number of halogens is 1. The van der Waals surface area contributed by atoms with Crippen LogP contribution in [-0.4, -0.2) is 27.7 Å². The summed E-state index contributed by atoms with van der Waals surface area (Å²) in [4.78, 5) is 14.0. The van der Waals surface area contributed by atoms with Gasteiger partial charge in [-0.3, -0.25) is 0 Å². The van der Waals surface area contributed by atoms with E-state index in [0.717, 1.165) is 22.9 Å². The molecule has 118 valence electrons. The second-order valence-electron chi connectivity index (χ2n) is 6.80. The Morgan fingerprint density at radius 3 is 2.73 bits per heavy atom. The molecule has 0 atom stereocenters. The molecule has 0 radical (unpaired) electrons. The summed E-state index contributed by atoms with van der Waals surface area (Å²) in [6.07, 6.45) is 0.457. The number of aryl methyl sites for hydroxylation is 1. The molecular weight excluding hydrogens is 283 g/mol. The van der Waals surface area contributed by atoms with Crippen molar-refractivity contribution in [3.63, 3.8) is 0 Å². The third-order valence-electron chi connectivity index (χ3n) is 4.02. The molecule has 0 fully saturated rings. The minimum absolute atomic E-state index is 0.241. The number of fused-ring (bicyclic) bond motifs is 3. The Morgan fingerprint density at radius 2 is 2.05 bits per heavy atom. The van der Waals surface area contributed by atoms with E-state index in [-0.39, 0.29) is 11.9 Å². The number of hydrogen-bond donors (Lipinski definition) is 0. The number of benzene rings is 1. The molecule has 0 bridgehead atoms. The normalized spacial score (nSPS) is 15.0. The first kappa shape index (κ1) is 14.9. The molecule has 0 saturated heterocycles. The lowest BCUT2D eigenvalue weighted by atomic mass is 10.0. The fourth-order valence-electron chi connectivity index (χ4n) is 3.03. The van der Waals surface area contributed by atoms with E-state index in [2.05, 4.69) is 0 Å². The van der Waals surface area contributed by atoms with Gasteiger partial charge in [0, 0.05) is 36.7 Å². The quantitative estimate of drug-likeness (QED) is 0.745. The molecule has 22 heavy (non-hydrogen) atoms. The minimum atomic E-state index is -0.501. The Labute approximate surface area is 129 Å². The average Bonchev–Trinajstić information content (AvgIpc) is 2.70. The highest BCUT2D eigenvalue weighted by Gasteiger charge is 2.28. The predicted octanol–water partition coefficient (Wildman–Crippen LogP) is 3.61. The van der Waals surface area contributed by atoms with Gasteiger partial charge in [0.25, 0.3) is 0 Å². The number of hydrogen-bond acceptors (Lipinski definition) is 2. The first-order chi connectivity index (χ1) is 10.3. The maximum Gasteiger partial charge on any atom is 0.410 e. The number of nitrogens with zero attached hydrogens (tertiary/aromatic N) is 2. The van der Waals surface area contributed by atoms with Crippen molar-refractivity contribution in [2.24, 2.45) is 7.05 Å². The number of aromatic nitrogens is 1. The van der Waals surface area contributed by atoms with Gasteiger partial charge in [-0.25, -0.2) is 9.18 Å². The van der Waals surface area contributed by atoms with Gasteiger partial charge in [0.2, 0.25) is 0 Å². The lowest BCUT2D eigenvalue weighted by Gasteiger charge is -2.30. The molecule has 1 aromatic heterocycles. The van der Waals surface area contributed by atoms with E-state index in [9.17, 15) is 9.18 Å². The Balaban J connectivity index is 1.94. The summed E-state index contributed by atoms with van der Waals surface area (Å²) in [5.74, 6) is -0.241. The van der Waals surface area contributed by atoms with E-state index in [4.69, 9.17) is 4.74 Å². The molecule has 0 saturated carbocycles. The molecule has 1 aliphatic rings. The molecule has 0 unspecified atom stereocenters. The molecule has 0 spiro atoms. The van der Waals surface area contributed by atoms with Crippen LogP contribution in [0, 0.1) is 5.82 Å². The van der Waals surface area contributed by atoms with Crippen molar-refractivity contribution in [3.05, 3.63) is 35.3 Å². The molecular formula is C17H21FN2O2. The zero-order chi connectivity index (χ0) is 16.1. The van der Waals surface area contributed by atoms with Gasteiger partial charge in [0.1, 0.15) is 11.4 Å². The van der Waals surface area contributed by atoms with Gasteiger partial charge in [-0.2, -0.15) is 0 Å². The van der Waals surface area contributed by atoms with Crippen molar-refractivity contribution < 1.29 is 13.9 Å². The van der Waals surface area contributed by atoms with Crippen LogP contribution in [0.3, 0.4) is 0 Å². The van der Waals surface area contributed by atoms with Crippen LogP contribution in [-0.2, 0) is 24.8 Å². The van der Waals surface area contributed by atoms with Crippen molar-refractivity contribution in [3.8, 4) is 0 Å². The molecule has 3 rings (SSSR count). The minimum Gasteiger partial charge on any atom is -0.444 e. The molecule has 1 aliphatic heterocycles. The summed E-state index contributed by atoms with van der Waals surface area (Å²) in [5.41, 5.74) is 2.63. The van der Waals surface area contributed by atoms with Crippen LogP contribution in [0.5, 0.6) is 0 Å². The zero-order valence-corrected chi connectivity index (χ0v) is 13.4. The van der Waals surface area contributed by atoms with Gasteiger partial charge in [-0.15, -0.1) is 0 Å². The van der Waals surface area contributed by atoms with Crippen LogP contribution in [0.2, 0.25) is 0 Å². The van der Waals surface area contributed by atoms with Crippen molar-refractivity contribution >= 4 is 17.0 Å². The lowest BCUT2D eigenvalue weighted by Crippen LogP contribution is -2.40. The van der Waals surface area contributed by atoms with Crippen LogP contribution in [0.4, 0.5) is 9.18 Å². The van der Waals surface area contributed by atoms with E-state index in [0.29, 0.717) is 13.1 Å². The number of carbonyl (C=O) groups excluding carboxylic acids is 1. The Kier molecular flexibility index (Phi) is 3.38. The molecule has 1 amide bonds. The second kappa shape index (κ2) is 5.00. The highest BCUT2D eigenvalue weighted by atomic mass is 19.1. The highest BCUT2D eigenvalue weighted by molar-refractivity contribution is 5.86. The highest BCUT2D eigenvalue weighted by Crippen LogP contribution is 2.31. The van der Waals surface area contributed by atoms with Gasteiger partial charge in [-0.1, -0.05) is 0 Å². The van der Waals surface area contributed by atoms with E-state index in [1.54, 1.807) is 17.0 Å². The maximum atomic E-state index is 13.5. The van der Waals surface area contributed by atoms with Crippen molar-refractivity contribution in [1.82, 2.24) is 9.47 Å². The van der Waals surface area contributed by atoms with Crippen LogP contribution in [0.15, 0.2) is 18.2 Å². The van der Waals surface area contributed by atoms with Crippen LogP contribution in [0.25, 0.3) is 10.9 Å². The molecule has 2 aromatic rings. The first-order valence-corrected chi connectivity index (χ1v) is 7.50. The number of rotatable bonds is 0. The molecule has 2 heterocycles. The first-order valence-electron chi connectivity index (χ1n) is 7.50. The van der Waals surface area contributed by atoms with Gasteiger partial charge >= 0.3 is 6.09 Å². The zero-order valence-electron chi connectivity index (χ0n) is 13.4.